The summed E-state index contributed by atoms with van der Waals surface area (Å²) in [6, 6.07) is 2.39. The Balaban J connectivity index is 2.75. The third kappa shape index (κ3) is 4.01. The maximum absolute atomic E-state index is 13.4. The van der Waals surface area contributed by atoms with Gasteiger partial charge < -0.3 is 10.6 Å². The maximum Gasteiger partial charge on any atom is 0.200 e. The second-order valence-electron chi connectivity index (χ2n) is 3.65. The molecule has 0 unspecified atom stereocenters. The molecule has 0 aromatic heterocycles. The molecule has 0 saturated carbocycles. The van der Waals surface area contributed by atoms with E-state index in [1.165, 1.54) is 12.3 Å². The average molecular weight is 242 g/mol. The standard InChI is InChI=1S/C12H16F2N2O/c1-2-3-4-5-17-11-7-9(8-16-15)6-10(13)12(11)14/h6-8H,2-5,15H2,1H3. The summed E-state index contributed by atoms with van der Waals surface area (Å²) in [6.07, 6.45) is 4.09. The summed E-state index contributed by atoms with van der Waals surface area (Å²) < 4.78 is 31.7. The molecule has 3 nitrogen and oxygen atoms in total. The number of rotatable bonds is 6. The monoisotopic (exact) mass is 242 g/mol. The lowest BCUT2D eigenvalue weighted by atomic mass is 10.2. The van der Waals surface area contributed by atoms with E-state index in [4.69, 9.17) is 10.6 Å². The normalized spacial score (nSPS) is 11.0. The molecule has 0 aliphatic heterocycles. The number of nitrogens with two attached hydrogens (primary N) is 1. The minimum absolute atomic E-state index is 0.101. The number of benzene rings is 1. The Kier molecular flexibility index (Phi) is 5.39. The van der Waals surface area contributed by atoms with E-state index in [9.17, 15) is 8.78 Å². The van der Waals surface area contributed by atoms with Gasteiger partial charge in [0.2, 0.25) is 5.82 Å². The van der Waals surface area contributed by atoms with Crippen molar-refractivity contribution in [3.8, 4) is 5.75 Å². The predicted molar refractivity (Wildman–Crippen MR) is 63.2 cm³/mol. The summed E-state index contributed by atoms with van der Waals surface area (Å²) in [4.78, 5) is 0. The number of hydrazone groups is 1. The minimum atomic E-state index is -0.976. The Labute approximate surface area is 99.3 Å². The quantitative estimate of drug-likeness (QED) is 0.361. The van der Waals surface area contributed by atoms with Crippen molar-refractivity contribution in [2.24, 2.45) is 10.9 Å². The fourth-order valence-electron chi connectivity index (χ4n) is 1.38. The summed E-state index contributed by atoms with van der Waals surface area (Å²) in [7, 11) is 0. The molecule has 0 bridgehead atoms. The Bertz CT molecular complexity index is 394. The van der Waals surface area contributed by atoms with Gasteiger partial charge in [-0.1, -0.05) is 19.8 Å². The number of hydrogen-bond donors (Lipinski definition) is 1. The molecule has 94 valence electrons. The number of hydrogen-bond acceptors (Lipinski definition) is 3. The van der Waals surface area contributed by atoms with Gasteiger partial charge in [-0.15, -0.1) is 0 Å². The molecule has 0 aliphatic rings. The molecule has 17 heavy (non-hydrogen) atoms. The van der Waals surface area contributed by atoms with Crippen molar-refractivity contribution in [1.82, 2.24) is 0 Å². The highest BCUT2D eigenvalue weighted by Gasteiger charge is 2.11. The van der Waals surface area contributed by atoms with Crippen molar-refractivity contribution >= 4 is 6.21 Å². The SMILES string of the molecule is CCCCCOc1cc(C=NN)cc(F)c1F. The van der Waals surface area contributed by atoms with Gasteiger partial charge in [0, 0.05) is 5.56 Å². The molecule has 0 saturated heterocycles. The lowest BCUT2D eigenvalue weighted by molar-refractivity contribution is 0.286. The van der Waals surface area contributed by atoms with E-state index in [-0.39, 0.29) is 5.75 Å². The number of nitrogens with zero attached hydrogens (tertiary/aromatic N) is 1. The average Bonchev–Trinajstić information content (AvgIpc) is 2.31. The van der Waals surface area contributed by atoms with E-state index >= 15 is 0 Å². The van der Waals surface area contributed by atoms with Gasteiger partial charge in [-0.2, -0.15) is 9.49 Å². The zero-order valence-electron chi connectivity index (χ0n) is 9.75. The van der Waals surface area contributed by atoms with Gasteiger partial charge in [-0.25, -0.2) is 4.39 Å². The van der Waals surface area contributed by atoms with Crippen LogP contribution in [0.1, 0.15) is 31.7 Å². The van der Waals surface area contributed by atoms with Crippen LogP contribution in [0.3, 0.4) is 0 Å². The first kappa shape index (κ1) is 13.4. The van der Waals surface area contributed by atoms with Crippen molar-refractivity contribution in [3.63, 3.8) is 0 Å². The minimum Gasteiger partial charge on any atom is -0.490 e. The first-order chi connectivity index (χ1) is 8.19. The zero-order chi connectivity index (χ0) is 12.7. The molecular formula is C12H16F2N2O. The Morgan fingerprint density at radius 3 is 2.76 bits per heavy atom. The second-order valence-corrected chi connectivity index (χ2v) is 3.65. The van der Waals surface area contributed by atoms with Crippen LogP contribution in [0, 0.1) is 11.6 Å². The van der Waals surface area contributed by atoms with Crippen LogP contribution >= 0.6 is 0 Å². The lowest BCUT2D eigenvalue weighted by Gasteiger charge is -2.08. The molecule has 0 amide bonds. The van der Waals surface area contributed by atoms with Crippen molar-refractivity contribution in [2.75, 3.05) is 6.61 Å². The van der Waals surface area contributed by atoms with Crippen LogP contribution < -0.4 is 10.6 Å². The first-order valence-corrected chi connectivity index (χ1v) is 5.54. The topological polar surface area (TPSA) is 47.6 Å². The van der Waals surface area contributed by atoms with Gasteiger partial charge in [-0.05, 0) is 18.6 Å². The molecule has 0 spiro atoms. The van der Waals surface area contributed by atoms with E-state index < -0.39 is 11.6 Å². The summed E-state index contributed by atoms with van der Waals surface area (Å²) in [5.41, 5.74) is 0.372. The summed E-state index contributed by atoms with van der Waals surface area (Å²) in [5.74, 6) is 2.91. The van der Waals surface area contributed by atoms with Gasteiger partial charge in [-0.3, -0.25) is 0 Å². The fourth-order valence-corrected chi connectivity index (χ4v) is 1.38. The molecule has 1 aromatic rings. The summed E-state index contributed by atoms with van der Waals surface area (Å²) in [5, 5.41) is 3.26. The number of halogens is 2. The van der Waals surface area contributed by atoms with E-state index in [2.05, 4.69) is 12.0 Å². The van der Waals surface area contributed by atoms with Gasteiger partial charge in [0.05, 0.1) is 12.8 Å². The van der Waals surface area contributed by atoms with Gasteiger partial charge >= 0.3 is 0 Å². The van der Waals surface area contributed by atoms with E-state index in [1.807, 2.05) is 0 Å². The third-order valence-corrected chi connectivity index (χ3v) is 2.25. The van der Waals surface area contributed by atoms with Crippen LogP contribution in [-0.4, -0.2) is 12.8 Å². The smallest absolute Gasteiger partial charge is 0.200 e. The highest BCUT2D eigenvalue weighted by molar-refractivity contribution is 5.80. The highest BCUT2D eigenvalue weighted by Crippen LogP contribution is 2.21. The molecular weight excluding hydrogens is 226 g/mol. The van der Waals surface area contributed by atoms with Crippen molar-refractivity contribution in [3.05, 3.63) is 29.3 Å². The Morgan fingerprint density at radius 2 is 2.12 bits per heavy atom. The molecule has 0 heterocycles. The molecule has 1 aromatic carbocycles. The summed E-state index contributed by atoms with van der Waals surface area (Å²) >= 11 is 0. The number of unbranched alkanes of at least 4 members (excludes halogenated alkanes) is 2. The van der Waals surface area contributed by atoms with Crippen molar-refractivity contribution in [1.29, 1.82) is 0 Å². The molecule has 2 N–H and O–H groups in total. The fraction of sp³-hybridized carbons (Fsp3) is 0.417. The highest BCUT2D eigenvalue weighted by atomic mass is 19.2. The van der Waals surface area contributed by atoms with Gasteiger partial charge in [0.15, 0.2) is 11.6 Å². The third-order valence-electron chi connectivity index (χ3n) is 2.25. The van der Waals surface area contributed by atoms with Gasteiger partial charge in [0.1, 0.15) is 0 Å². The van der Waals surface area contributed by atoms with E-state index in [1.54, 1.807) is 0 Å². The van der Waals surface area contributed by atoms with Crippen LogP contribution in [0.15, 0.2) is 17.2 Å². The zero-order valence-corrected chi connectivity index (χ0v) is 9.75. The molecule has 0 radical (unpaired) electrons. The number of ether oxygens (including phenoxy) is 1. The summed E-state index contributed by atoms with van der Waals surface area (Å²) in [6.45, 7) is 2.42. The molecule has 5 heteroatoms. The van der Waals surface area contributed by atoms with Crippen LogP contribution in [0.25, 0.3) is 0 Å². The largest absolute Gasteiger partial charge is 0.490 e. The predicted octanol–water partition coefficient (Wildman–Crippen LogP) is 2.83. The Morgan fingerprint density at radius 1 is 1.35 bits per heavy atom. The molecule has 0 aliphatic carbocycles. The molecule has 0 atom stereocenters. The first-order valence-electron chi connectivity index (χ1n) is 5.54. The van der Waals surface area contributed by atoms with E-state index in [0.29, 0.717) is 12.2 Å². The van der Waals surface area contributed by atoms with E-state index in [0.717, 1.165) is 25.3 Å². The lowest BCUT2D eigenvalue weighted by Crippen LogP contribution is -2.02. The Hall–Kier alpha value is -1.65. The van der Waals surface area contributed by atoms with Crippen molar-refractivity contribution in [2.45, 2.75) is 26.2 Å². The van der Waals surface area contributed by atoms with Crippen LogP contribution in [-0.2, 0) is 0 Å². The maximum atomic E-state index is 13.4. The van der Waals surface area contributed by atoms with Crippen molar-refractivity contribution < 1.29 is 13.5 Å². The van der Waals surface area contributed by atoms with Crippen LogP contribution in [0.5, 0.6) is 5.75 Å². The van der Waals surface area contributed by atoms with Gasteiger partial charge in [0.25, 0.3) is 0 Å². The molecule has 0 fully saturated rings. The van der Waals surface area contributed by atoms with Crippen LogP contribution in [0.4, 0.5) is 8.78 Å². The van der Waals surface area contributed by atoms with Crippen LogP contribution in [0.2, 0.25) is 0 Å². The molecule has 1 rings (SSSR count). The second kappa shape index (κ2) is 6.83.